The van der Waals surface area contributed by atoms with Crippen LogP contribution in [0.3, 0.4) is 0 Å². The van der Waals surface area contributed by atoms with Crippen LogP contribution in [0.15, 0.2) is 0 Å². The van der Waals surface area contributed by atoms with Gasteiger partial charge in [-0.05, 0) is 0 Å². The maximum absolute atomic E-state index is 10.2. The van der Waals surface area contributed by atoms with Crippen molar-refractivity contribution < 1.29 is 24.2 Å². The average molecular weight is 144 g/mol. The van der Waals surface area contributed by atoms with E-state index in [4.69, 9.17) is 5.11 Å². The molecule has 54 valence electrons. The molecule has 0 bridgehead atoms. The van der Waals surface area contributed by atoms with Crippen LogP contribution in [-0.4, -0.2) is 29.4 Å². The lowest BCUT2D eigenvalue weighted by Gasteiger charge is -1.96. The Balaban J connectivity index is 2.04. The van der Waals surface area contributed by atoms with Gasteiger partial charge in [0.1, 0.15) is 5.92 Å². The van der Waals surface area contributed by atoms with E-state index in [1.165, 1.54) is 0 Å². The van der Waals surface area contributed by atoms with E-state index in [9.17, 15) is 9.59 Å². The summed E-state index contributed by atoms with van der Waals surface area (Å²) in [5.41, 5.74) is 0. The molecule has 1 aliphatic heterocycles. The first-order valence-corrected chi connectivity index (χ1v) is 2.80. The van der Waals surface area contributed by atoms with E-state index in [-0.39, 0.29) is 0 Å². The predicted octanol–water partition coefficient (Wildman–Crippen LogP) is -0.395. The van der Waals surface area contributed by atoms with E-state index in [0.717, 1.165) is 0 Å². The van der Waals surface area contributed by atoms with Crippen LogP contribution in [0.5, 0.6) is 0 Å². The van der Waals surface area contributed by atoms with Gasteiger partial charge in [-0.25, -0.2) is 4.79 Å². The predicted molar refractivity (Wildman–Crippen MR) is 26.3 cm³/mol. The summed E-state index contributed by atoms with van der Waals surface area (Å²) >= 11 is 0. The van der Waals surface area contributed by atoms with Gasteiger partial charge in [0, 0.05) is 0 Å². The summed E-state index contributed by atoms with van der Waals surface area (Å²) < 4.78 is 8.93. The molecule has 2 aliphatic rings. The van der Waals surface area contributed by atoms with E-state index < -0.39 is 30.3 Å². The minimum absolute atomic E-state index is 0.523. The monoisotopic (exact) mass is 144 g/mol. The van der Waals surface area contributed by atoms with E-state index >= 15 is 0 Å². The molecule has 0 spiro atoms. The molecule has 1 unspecified atom stereocenters. The Labute approximate surface area is 55.5 Å². The number of ether oxygens (including phenoxy) is 2. The summed E-state index contributed by atoms with van der Waals surface area (Å²) in [7, 11) is 0. The zero-order chi connectivity index (χ0) is 7.30. The average Bonchev–Trinajstić information content (AvgIpc) is 2.32. The molecule has 3 atom stereocenters. The first kappa shape index (κ1) is 5.52. The summed E-state index contributed by atoms with van der Waals surface area (Å²) in [5, 5.41) is 8.37. The van der Waals surface area contributed by atoms with Gasteiger partial charge in [0.2, 0.25) is 0 Å². The van der Waals surface area contributed by atoms with Gasteiger partial charge < -0.3 is 14.6 Å². The molecule has 0 amide bonds. The summed E-state index contributed by atoms with van der Waals surface area (Å²) in [6.07, 6.45) is -1.80. The third kappa shape index (κ3) is 0.516. The molecule has 0 aromatic rings. The molecule has 10 heavy (non-hydrogen) atoms. The second-order valence-corrected chi connectivity index (χ2v) is 2.28. The Morgan fingerprint density at radius 3 is 2.30 bits per heavy atom. The van der Waals surface area contributed by atoms with Crippen molar-refractivity contribution in [2.75, 3.05) is 0 Å². The maximum Gasteiger partial charge on any atom is 0.509 e. The largest absolute Gasteiger partial charge is 0.509 e. The van der Waals surface area contributed by atoms with Crippen LogP contribution in [0.25, 0.3) is 0 Å². The number of carbonyl (C=O) groups is 2. The van der Waals surface area contributed by atoms with Crippen molar-refractivity contribution in [3.05, 3.63) is 0 Å². The molecule has 2 fully saturated rings. The lowest BCUT2D eigenvalue weighted by molar-refractivity contribution is -0.140. The number of carboxylic acid groups (broad SMARTS) is 1. The SMILES string of the molecule is O=C1O[C@@H]2C(C(=O)O)[C@@H]2O1. The number of hydrogen-bond acceptors (Lipinski definition) is 4. The lowest BCUT2D eigenvalue weighted by atomic mass is 10.4. The van der Waals surface area contributed by atoms with E-state index in [0.29, 0.717) is 0 Å². The van der Waals surface area contributed by atoms with Crippen LogP contribution in [0.4, 0.5) is 4.79 Å². The molecule has 1 N–H and O–H groups in total. The van der Waals surface area contributed by atoms with Gasteiger partial charge in [0.15, 0.2) is 12.2 Å². The number of hydrogen-bond donors (Lipinski definition) is 1. The minimum Gasteiger partial charge on any atom is -0.481 e. The molecule has 0 radical (unpaired) electrons. The highest BCUT2D eigenvalue weighted by Crippen LogP contribution is 2.42. The van der Waals surface area contributed by atoms with Crippen LogP contribution in [0.1, 0.15) is 0 Å². The molecular weight excluding hydrogens is 140 g/mol. The van der Waals surface area contributed by atoms with Crippen molar-refractivity contribution in [1.82, 2.24) is 0 Å². The summed E-state index contributed by atoms with van der Waals surface area (Å²) in [4.78, 5) is 20.4. The fourth-order valence-electron chi connectivity index (χ4n) is 1.07. The normalized spacial score (nSPS) is 41.6. The number of rotatable bonds is 1. The third-order valence-corrected chi connectivity index (χ3v) is 1.64. The zero-order valence-corrected chi connectivity index (χ0v) is 4.81. The van der Waals surface area contributed by atoms with Gasteiger partial charge in [-0.2, -0.15) is 0 Å². The van der Waals surface area contributed by atoms with E-state index in [2.05, 4.69) is 9.47 Å². The quantitative estimate of drug-likeness (QED) is 0.507. The van der Waals surface area contributed by atoms with Gasteiger partial charge in [-0.3, -0.25) is 4.79 Å². The number of carbonyl (C=O) groups excluding carboxylic acids is 1. The highest BCUT2D eigenvalue weighted by atomic mass is 16.8. The topological polar surface area (TPSA) is 72.8 Å². The van der Waals surface area contributed by atoms with Gasteiger partial charge in [-0.1, -0.05) is 0 Å². The molecule has 2 rings (SSSR count). The van der Waals surface area contributed by atoms with Crippen LogP contribution < -0.4 is 0 Å². The van der Waals surface area contributed by atoms with Crippen molar-refractivity contribution in [2.45, 2.75) is 12.2 Å². The molecule has 1 aliphatic carbocycles. The van der Waals surface area contributed by atoms with Crippen molar-refractivity contribution in [3.63, 3.8) is 0 Å². The van der Waals surface area contributed by atoms with Crippen molar-refractivity contribution in [2.24, 2.45) is 5.92 Å². The first-order valence-electron chi connectivity index (χ1n) is 2.80. The Kier molecular flexibility index (Phi) is 0.783. The molecule has 5 heteroatoms. The van der Waals surface area contributed by atoms with Crippen molar-refractivity contribution >= 4 is 12.1 Å². The van der Waals surface area contributed by atoms with Gasteiger partial charge >= 0.3 is 12.1 Å². The molecule has 1 heterocycles. The molecule has 0 aromatic heterocycles. The third-order valence-electron chi connectivity index (χ3n) is 1.64. The fourth-order valence-corrected chi connectivity index (χ4v) is 1.07. The van der Waals surface area contributed by atoms with Crippen molar-refractivity contribution in [1.29, 1.82) is 0 Å². The highest BCUT2D eigenvalue weighted by Gasteiger charge is 2.66. The Morgan fingerprint density at radius 2 is 1.90 bits per heavy atom. The number of aliphatic carboxylic acids is 1. The summed E-state index contributed by atoms with van der Waals surface area (Å²) in [6.45, 7) is 0. The van der Waals surface area contributed by atoms with Gasteiger partial charge in [-0.15, -0.1) is 0 Å². The Bertz CT molecular complexity index is 196. The Hall–Kier alpha value is -1.26. The standard InChI is InChI=1S/C5H4O5/c6-4(7)1-2-3(1)10-5(8)9-2/h1-3H,(H,6,7)/t1?,2-,3+. The fraction of sp³-hybridized carbons (Fsp3) is 0.600. The van der Waals surface area contributed by atoms with E-state index in [1.807, 2.05) is 0 Å². The van der Waals surface area contributed by atoms with Crippen LogP contribution in [-0.2, 0) is 14.3 Å². The molecule has 0 aromatic carbocycles. The molecule has 5 nitrogen and oxygen atoms in total. The van der Waals surface area contributed by atoms with Crippen LogP contribution in [0, 0.1) is 5.92 Å². The molecule has 1 saturated heterocycles. The number of carboxylic acids is 1. The highest BCUT2D eigenvalue weighted by molar-refractivity contribution is 5.79. The second kappa shape index (κ2) is 1.42. The molecular formula is C5H4O5. The minimum atomic E-state index is -0.970. The molecule has 1 saturated carbocycles. The Morgan fingerprint density at radius 1 is 1.40 bits per heavy atom. The van der Waals surface area contributed by atoms with E-state index in [1.54, 1.807) is 0 Å². The first-order chi connectivity index (χ1) is 4.70. The smallest absolute Gasteiger partial charge is 0.481 e. The van der Waals surface area contributed by atoms with Crippen LogP contribution in [0.2, 0.25) is 0 Å². The summed E-state index contributed by atoms with van der Waals surface area (Å²) in [5.74, 6) is -1.60. The van der Waals surface area contributed by atoms with Crippen LogP contribution >= 0.6 is 0 Å². The number of fused-ring (bicyclic) bond motifs is 1. The van der Waals surface area contributed by atoms with Gasteiger partial charge in [0.05, 0.1) is 0 Å². The maximum atomic E-state index is 10.2. The zero-order valence-electron chi connectivity index (χ0n) is 4.81. The second-order valence-electron chi connectivity index (χ2n) is 2.28. The summed E-state index contributed by atoms with van der Waals surface area (Å²) in [6, 6.07) is 0. The van der Waals surface area contributed by atoms with Crippen molar-refractivity contribution in [3.8, 4) is 0 Å². The lowest BCUT2D eigenvalue weighted by Crippen LogP contribution is -2.12. The van der Waals surface area contributed by atoms with Gasteiger partial charge in [0.25, 0.3) is 0 Å².